The standard InChI is InChI=1S/C16H18ClNO2/c17-12-6-7-14-13(10-12)15(19)8-9-18(14)16(20)11-4-2-1-3-5-11/h6-7,10-11H,1-5,8-9H2. The Hall–Kier alpha value is -1.35. The average molecular weight is 292 g/mol. The third kappa shape index (κ3) is 2.47. The molecule has 0 aromatic heterocycles. The topological polar surface area (TPSA) is 37.4 Å². The van der Waals surface area contributed by atoms with Gasteiger partial charge in [-0.3, -0.25) is 9.59 Å². The normalized spacial score (nSPS) is 19.9. The number of amides is 1. The van der Waals surface area contributed by atoms with Gasteiger partial charge in [-0.15, -0.1) is 0 Å². The van der Waals surface area contributed by atoms with Crippen LogP contribution in [0.1, 0.15) is 48.9 Å². The minimum Gasteiger partial charge on any atom is -0.311 e. The summed E-state index contributed by atoms with van der Waals surface area (Å²) in [7, 11) is 0. The van der Waals surface area contributed by atoms with E-state index >= 15 is 0 Å². The summed E-state index contributed by atoms with van der Waals surface area (Å²) in [5.41, 5.74) is 1.33. The minimum atomic E-state index is 0.0789. The number of hydrogen-bond donors (Lipinski definition) is 0. The fraction of sp³-hybridized carbons (Fsp3) is 0.500. The van der Waals surface area contributed by atoms with Crippen LogP contribution < -0.4 is 4.90 Å². The van der Waals surface area contributed by atoms with E-state index in [-0.39, 0.29) is 17.6 Å². The van der Waals surface area contributed by atoms with Crippen LogP contribution in [0.2, 0.25) is 5.02 Å². The number of fused-ring (bicyclic) bond motifs is 1. The third-order valence-electron chi connectivity index (χ3n) is 4.33. The molecule has 3 nitrogen and oxygen atoms in total. The third-order valence-corrected chi connectivity index (χ3v) is 4.57. The molecule has 0 N–H and O–H groups in total. The first-order valence-corrected chi connectivity index (χ1v) is 7.69. The highest BCUT2D eigenvalue weighted by atomic mass is 35.5. The van der Waals surface area contributed by atoms with Crippen molar-refractivity contribution in [2.45, 2.75) is 38.5 Å². The van der Waals surface area contributed by atoms with Gasteiger partial charge in [0.15, 0.2) is 5.78 Å². The van der Waals surface area contributed by atoms with Crippen molar-refractivity contribution in [2.75, 3.05) is 11.4 Å². The van der Waals surface area contributed by atoms with E-state index in [0.717, 1.165) is 31.4 Å². The molecule has 1 saturated carbocycles. The molecule has 0 radical (unpaired) electrons. The molecule has 1 fully saturated rings. The molecule has 2 aliphatic rings. The van der Waals surface area contributed by atoms with E-state index in [1.54, 1.807) is 23.1 Å². The summed E-state index contributed by atoms with van der Waals surface area (Å²) in [6.07, 6.45) is 5.85. The fourth-order valence-electron chi connectivity index (χ4n) is 3.23. The van der Waals surface area contributed by atoms with Crippen molar-refractivity contribution in [3.05, 3.63) is 28.8 Å². The van der Waals surface area contributed by atoms with Gasteiger partial charge in [-0.05, 0) is 31.0 Å². The zero-order valence-electron chi connectivity index (χ0n) is 11.4. The zero-order chi connectivity index (χ0) is 14.1. The maximum atomic E-state index is 12.7. The molecule has 0 bridgehead atoms. The number of halogens is 1. The molecule has 0 unspecified atom stereocenters. The molecular weight excluding hydrogens is 274 g/mol. The van der Waals surface area contributed by atoms with E-state index in [1.165, 1.54) is 6.42 Å². The van der Waals surface area contributed by atoms with E-state index in [0.29, 0.717) is 23.6 Å². The largest absolute Gasteiger partial charge is 0.311 e. The summed E-state index contributed by atoms with van der Waals surface area (Å²) in [4.78, 5) is 26.5. The van der Waals surface area contributed by atoms with Gasteiger partial charge < -0.3 is 4.90 Å². The molecule has 1 aromatic carbocycles. The highest BCUT2D eigenvalue weighted by Crippen LogP contribution is 2.33. The number of hydrogen-bond acceptors (Lipinski definition) is 2. The van der Waals surface area contributed by atoms with Crippen LogP contribution >= 0.6 is 11.6 Å². The van der Waals surface area contributed by atoms with Gasteiger partial charge in [-0.2, -0.15) is 0 Å². The molecule has 0 spiro atoms. The summed E-state index contributed by atoms with van der Waals surface area (Å²) >= 11 is 5.96. The first kappa shape index (κ1) is 13.6. The highest BCUT2D eigenvalue weighted by Gasteiger charge is 2.32. The smallest absolute Gasteiger partial charge is 0.230 e. The number of anilines is 1. The number of rotatable bonds is 1. The summed E-state index contributed by atoms with van der Waals surface area (Å²) in [6, 6.07) is 5.23. The maximum Gasteiger partial charge on any atom is 0.230 e. The van der Waals surface area contributed by atoms with Gasteiger partial charge in [0.2, 0.25) is 5.91 Å². The van der Waals surface area contributed by atoms with E-state index in [2.05, 4.69) is 0 Å². The molecular formula is C16H18ClNO2. The summed E-state index contributed by atoms with van der Waals surface area (Å²) in [5.74, 6) is 0.386. The second-order valence-corrected chi connectivity index (χ2v) is 6.10. The molecule has 0 saturated heterocycles. The number of carbonyl (C=O) groups is 2. The first-order chi connectivity index (χ1) is 9.66. The second-order valence-electron chi connectivity index (χ2n) is 5.66. The van der Waals surface area contributed by atoms with Gasteiger partial charge in [0.05, 0.1) is 5.69 Å². The van der Waals surface area contributed by atoms with Gasteiger partial charge in [-0.25, -0.2) is 0 Å². The molecule has 0 atom stereocenters. The van der Waals surface area contributed by atoms with Crippen molar-refractivity contribution in [2.24, 2.45) is 5.92 Å². The lowest BCUT2D eigenvalue weighted by atomic mass is 9.87. The van der Waals surface area contributed by atoms with Crippen molar-refractivity contribution >= 4 is 29.0 Å². The van der Waals surface area contributed by atoms with Crippen molar-refractivity contribution in [1.82, 2.24) is 0 Å². The van der Waals surface area contributed by atoms with Crippen LogP contribution in [0.25, 0.3) is 0 Å². The maximum absolute atomic E-state index is 12.7. The van der Waals surface area contributed by atoms with Crippen LogP contribution in [-0.2, 0) is 4.79 Å². The predicted molar refractivity (Wildman–Crippen MR) is 79.3 cm³/mol. The fourth-order valence-corrected chi connectivity index (χ4v) is 3.41. The van der Waals surface area contributed by atoms with Crippen LogP contribution in [0.15, 0.2) is 18.2 Å². The number of benzene rings is 1. The van der Waals surface area contributed by atoms with E-state index in [9.17, 15) is 9.59 Å². The minimum absolute atomic E-state index is 0.0789. The first-order valence-electron chi connectivity index (χ1n) is 7.31. The Bertz CT molecular complexity index is 549. The van der Waals surface area contributed by atoms with Crippen molar-refractivity contribution < 1.29 is 9.59 Å². The Morgan fingerprint density at radius 2 is 1.95 bits per heavy atom. The number of carbonyl (C=O) groups excluding carboxylic acids is 2. The molecule has 1 heterocycles. The number of nitrogens with zero attached hydrogens (tertiary/aromatic N) is 1. The Kier molecular flexibility index (Phi) is 3.79. The Balaban J connectivity index is 1.90. The van der Waals surface area contributed by atoms with E-state index in [1.807, 2.05) is 0 Å². The highest BCUT2D eigenvalue weighted by molar-refractivity contribution is 6.31. The molecule has 1 aliphatic heterocycles. The molecule has 4 heteroatoms. The van der Waals surface area contributed by atoms with Gasteiger partial charge in [0.1, 0.15) is 0 Å². The van der Waals surface area contributed by atoms with Crippen LogP contribution in [0.4, 0.5) is 5.69 Å². The van der Waals surface area contributed by atoms with Gasteiger partial charge in [-0.1, -0.05) is 30.9 Å². The van der Waals surface area contributed by atoms with E-state index < -0.39 is 0 Å². The Morgan fingerprint density at radius 3 is 2.70 bits per heavy atom. The number of Topliss-reactive ketones (excluding diaryl/α,β-unsaturated/α-hetero) is 1. The van der Waals surface area contributed by atoms with Crippen molar-refractivity contribution in [3.63, 3.8) is 0 Å². The molecule has 1 aromatic rings. The van der Waals surface area contributed by atoms with Crippen molar-refractivity contribution in [1.29, 1.82) is 0 Å². The monoisotopic (exact) mass is 291 g/mol. The predicted octanol–water partition coefficient (Wildman–Crippen LogP) is 3.84. The SMILES string of the molecule is O=C1CCN(C(=O)C2CCCCC2)c2ccc(Cl)cc21. The molecule has 1 amide bonds. The summed E-state index contributed by atoms with van der Waals surface area (Å²) in [6.45, 7) is 0.503. The Labute approximate surface area is 123 Å². The van der Waals surface area contributed by atoms with Gasteiger partial charge in [0.25, 0.3) is 0 Å². The van der Waals surface area contributed by atoms with Crippen LogP contribution in [0.3, 0.4) is 0 Å². The van der Waals surface area contributed by atoms with Crippen LogP contribution in [-0.4, -0.2) is 18.2 Å². The quantitative estimate of drug-likeness (QED) is 0.788. The summed E-state index contributed by atoms with van der Waals surface area (Å²) in [5, 5.41) is 0.545. The molecule has 3 rings (SSSR count). The van der Waals surface area contributed by atoms with Crippen LogP contribution in [0.5, 0.6) is 0 Å². The molecule has 1 aliphatic carbocycles. The van der Waals surface area contributed by atoms with Gasteiger partial charge >= 0.3 is 0 Å². The lowest BCUT2D eigenvalue weighted by molar-refractivity contribution is -0.123. The number of ketones is 1. The van der Waals surface area contributed by atoms with Crippen LogP contribution in [0, 0.1) is 5.92 Å². The zero-order valence-corrected chi connectivity index (χ0v) is 12.2. The van der Waals surface area contributed by atoms with Gasteiger partial charge in [0, 0.05) is 29.5 Å². The lowest BCUT2D eigenvalue weighted by Gasteiger charge is -2.33. The lowest BCUT2D eigenvalue weighted by Crippen LogP contribution is -2.41. The Morgan fingerprint density at radius 1 is 1.20 bits per heavy atom. The molecule has 20 heavy (non-hydrogen) atoms. The summed E-state index contributed by atoms with van der Waals surface area (Å²) < 4.78 is 0. The molecule has 106 valence electrons. The van der Waals surface area contributed by atoms with E-state index in [4.69, 9.17) is 11.6 Å². The van der Waals surface area contributed by atoms with Crippen molar-refractivity contribution in [3.8, 4) is 0 Å². The average Bonchev–Trinajstić information content (AvgIpc) is 2.48. The second kappa shape index (κ2) is 5.57.